The fourth-order valence-corrected chi connectivity index (χ4v) is 2.51. The third kappa shape index (κ3) is 3.04. The summed E-state index contributed by atoms with van der Waals surface area (Å²) < 4.78 is 7.85. The van der Waals surface area contributed by atoms with E-state index in [-0.39, 0.29) is 0 Å². The zero-order valence-electron chi connectivity index (χ0n) is 10.5. The van der Waals surface area contributed by atoms with E-state index in [1.807, 2.05) is 4.68 Å². The van der Waals surface area contributed by atoms with E-state index in [1.165, 1.54) is 19.3 Å². The fourth-order valence-electron chi connectivity index (χ4n) is 2.51. The molecule has 96 valence electrons. The zero-order valence-corrected chi connectivity index (χ0v) is 10.5. The van der Waals surface area contributed by atoms with Crippen LogP contribution < -0.4 is 5.73 Å². The molecule has 2 unspecified atom stereocenters. The Morgan fingerprint density at radius 2 is 2.29 bits per heavy atom. The van der Waals surface area contributed by atoms with Gasteiger partial charge in [0.05, 0.1) is 6.10 Å². The second-order valence-corrected chi connectivity index (χ2v) is 4.62. The molecule has 0 saturated heterocycles. The van der Waals surface area contributed by atoms with Crippen molar-refractivity contribution in [3.8, 4) is 0 Å². The first-order valence-electron chi connectivity index (χ1n) is 6.53. The standard InChI is InChI=1S/C12H22N4O/c1-2-16-12(14-9-15-16)8-17-11-6-4-3-5-10(11)7-13/h9-11H,2-8,13H2,1H3. The van der Waals surface area contributed by atoms with Gasteiger partial charge in [-0.05, 0) is 32.2 Å². The Balaban J connectivity index is 1.88. The predicted molar refractivity (Wildman–Crippen MR) is 65.3 cm³/mol. The summed E-state index contributed by atoms with van der Waals surface area (Å²) in [5.74, 6) is 1.43. The monoisotopic (exact) mass is 238 g/mol. The van der Waals surface area contributed by atoms with Gasteiger partial charge in [-0.3, -0.25) is 0 Å². The van der Waals surface area contributed by atoms with E-state index < -0.39 is 0 Å². The van der Waals surface area contributed by atoms with Gasteiger partial charge in [0.25, 0.3) is 0 Å². The Morgan fingerprint density at radius 1 is 1.47 bits per heavy atom. The molecule has 5 nitrogen and oxygen atoms in total. The van der Waals surface area contributed by atoms with E-state index in [1.54, 1.807) is 6.33 Å². The highest BCUT2D eigenvalue weighted by Crippen LogP contribution is 2.26. The summed E-state index contributed by atoms with van der Waals surface area (Å²) in [6.07, 6.45) is 6.75. The number of nitrogens with zero attached hydrogens (tertiary/aromatic N) is 3. The molecule has 1 aromatic heterocycles. The molecule has 5 heteroatoms. The van der Waals surface area contributed by atoms with Crippen molar-refractivity contribution >= 4 is 0 Å². The Kier molecular flexibility index (Phi) is 4.50. The lowest BCUT2D eigenvalue weighted by molar-refractivity contribution is -0.0222. The highest BCUT2D eigenvalue weighted by molar-refractivity contribution is 4.83. The summed E-state index contributed by atoms with van der Waals surface area (Å²) in [7, 11) is 0. The van der Waals surface area contributed by atoms with Crippen LogP contribution in [-0.4, -0.2) is 27.4 Å². The van der Waals surface area contributed by atoms with E-state index in [4.69, 9.17) is 10.5 Å². The van der Waals surface area contributed by atoms with Gasteiger partial charge in [0, 0.05) is 6.54 Å². The molecule has 0 spiro atoms. The van der Waals surface area contributed by atoms with Crippen LogP contribution in [0.4, 0.5) is 0 Å². The normalized spacial score (nSPS) is 25.1. The first kappa shape index (κ1) is 12.5. The van der Waals surface area contributed by atoms with Crippen LogP contribution in [0.1, 0.15) is 38.4 Å². The van der Waals surface area contributed by atoms with Gasteiger partial charge in [-0.1, -0.05) is 12.8 Å². The molecule has 0 bridgehead atoms. The second-order valence-electron chi connectivity index (χ2n) is 4.62. The Hall–Kier alpha value is -0.940. The van der Waals surface area contributed by atoms with E-state index in [2.05, 4.69) is 17.0 Å². The van der Waals surface area contributed by atoms with Crippen LogP contribution in [0.3, 0.4) is 0 Å². The first-order chi connectivity index (χ1) is 8.35. The van der Waals surface area contributed by atoms with Crippen molar-refractivity contribution in [1.29, 1.82) is 0 Å². The SMILES string of the molecule is CCn1ncnc1COC1CCCCC1CN. The maximum atomic E-state index is 5.97. The van der Waals surface area contributed by atoms with Crippen molar-refractivity contribution in [2.45, 2.75) is 51.9 Å². The smallest absolute Gasteiger partial charge is 0.152 e. The molecule has 0 aromatic carbocycles. The lowest BCUT2D eigenvalue weighted by Gasteiger charge is -2.30. The Labute approximate surface area is 102 Å². The molecule has 0 aliphatic heterocycles. The van der Waals surface area contributed by atoms with Gasteiger partial charge in [-0.15, -0.1) is 0 Å². The lowest BCUT2D eigenvalue weighted by atomic mass is 9.86. The third-order valence-corrected chi connectivity index (χ3v) is 3.56. The number of hydrogen-bond acceptors (Lipinski definition) is 4. The number of rotatable bonds is 5. The molecule has 0 amide bonds. The molecule has 1 fully saturated rings. The number of aryl methyl sites for hydroxylation is 1. The topological polar surface area (TPSA) is 66.0 Å². The highest BCUT2D eigenvalue weighted by Gasteiger charge is 2.24. The van der Waals surface area contributed by atoms with E-state index in [9.17, 15) is 0 Å². The third-order valence-electron chi connectivity index (χ3n) is 3.56. The summed E-state index contributed by atoms with van der Waals surface area (Å²) in [4.78, 5) is 4.22. The number of aromatic nitrogens is 3. The van der Waals surface area contributed by atoms with Gasteiger partial charge in [0.1, 0.15) is 12.9 Å². The molecule has 1 aliphatic carbocycles. The molecular formula is C12H22N4O. The molecule has 1 aromatic rings. The van der Waals surface area contributed by atoms with Crippen molar-refractivity contribution in [2.75, 3.05) is 6.54 Å². The summed E-state index contributed by atoms with van der Waals surface area (Å²) in [6.45, 7) is 4.17. The fraction of sp³-hybridized carbons (Fsp3) is 0.833. The number of ether oxygens (including phenoxy) is 1. The molecule has 17 heavy (non-hydrogen) atoms. The largest absolute Gasteiger partial charge is 0.370 e. The highest BCUT2D eigenvalue weighted by atomic mass is 16.5. The van der Waals surface area contributed by atoms with Crippen molar-refractivity contribution in [3.63, 3.8) is 0 Å². The average molecular weight is 238 g/mol. The predicted octanol–water partition coefficient (Wildman–Crippen LogP) is 1.33. The summed E-state index contributed by atoms with van der Waals surface area (Å²) in [5, 5.41) is 4.14. The summed E-state index contributed by atoms with van der Waals surface area (Å²) in [6, 6.07) is 0. The van der Waals surface area contributed by atoms with Crippen LogP contribution in [-0.2, 0) is 17.9 Å². The van der Waals surface area contributed by atoms with E-state index >= 15 is 0 Å². The van der Waals surface area contributed by atoms with Gasteiger partial charge in [-0.25, -0.2) is 9.67 Å². The van der Waals surface area contributed by atoms with E-state index in [0.717, 1.165) is 25.3 Å². The molecule has 1 saturated carbocycles. The molecule has 2 atom stereocenters. The minimum absolute atomic E-state index is 0.302. The van der Waals surface area contributed by atoms with Crippen LogP contribution in [0.2, 0.25) is 0 Å². The Bertz CT molecular complexity index is 339. The van der Waals surface area contributed by atoms with Gasteiger partial charge in [0.2, 0.25) is 0 Å². The van der Waals surface area contributed by atoms with Gasteiger partial charge in [0.15, 0.2) is 5.82 Å². The molecule has 2 rings (SSSR count). The molecular weight excluding hydrogens is 216 g/mol. The van der Waals surface area contributed by atoms with Crippen LogP contribution in [0, 0.1) is 5.92 Å². The summed E-state index contributed by atoms with van der Waals surface area (Å²) >= 11 is 0. The van der Waals surface area contributed by atoms with Crippen LogP contribution in [0.5, 0.6) is 0 Å². The zero-order chi connectivity index (χ0) is 12.1. The van der Waals surface area contributed by atoms with Gasteiger partial charge in [-0.2, -0.15) is 5.10 Å². The average Bonchev–Trinajstić information content (AvgIpc) is 2.84. The van der Waals surface area contributed by atoms with Crippen molar-refractivity contribution in [1.82, 2.24) is 14.8 Å². The lowest BCUT2D eigenvalue weighted by Crippen LogP contribution is -2.33. The first-order valence-corrected chi connectivity index (χ1v) is 6.53. The van der Waals surface area contributed by atoms with E-state index in [0.29, 0.717) is 18.6 Å². The quantitative estimate of drug-likeness (QED) is 0.840. The van der Waals surface area contributed by atoms with Crippen molar-refractivity contribution < 1.29 is 4.74 Å². The van der Waals surface area contributed by atoms with Crippen molar-refractivity contribution in [2.24, 2.45) is 11.7 Å². The molecule has 1 heterocycles. The van der Waals surface area contributed by atoms with Crippen LogP contribution in [0.25, 0.3) is 0 Å². The molecule has 1 aliphatic rings. The van der Waals surface area contributed by atoms with Gasteiger partial charge >= 0.3 is 0 Å². The van der Waals surface area contributed by atoms with Crippen LogP contribution >= 0.6 is 0 Å². The van der Waals surface area contributed by atoms with Gasteiger partial charge < -0.3 is 10.5 Å². The molecule has 2 N–H and O–H groups in total. The second kappa shape index (κ2) is 6.12. The molecule has 0 radical (unpaired) electrons. The maximum absolute atomic E-state index is 5.97. The summed E-state index contributed by atoms with van der Waals surface area (Å²) in [5.41, 5.74) is 5.79. The minimum atomic E-state index is 0.302. The minimum Gasteiger partial charge on any atom is -0.370 e. The maximum Gasteiger partial charge on any atom is 0.152 e. The Morgan fingerprint density at radius 3 is 3.06 bits per heavy atom. The number of nitrogens with two attached hydrogens (primary N) is 1. The van der Waals surface area contributed by atoms with Crippen molar-refractivity contribution in [3.05, 3.63) is 12.2 Å². The van der Waals surface area contributed by atoms with Crippen LogP contribution in [0.15, 0.2) is 6.33 Å². The number of hydrogen-bond donors (Lipinski definition) is 1.